The van der Waals surface area contributed by atoms with Crippen molar-refractivity contribution in [1.29, 1.82) is 0 Å². The lowest BCUT2D eigenvalue weighted by molar-refractivity contribution is 0.0957. The van der Waals surface area contributed by atoms with Crippen molar-refractivity contribution < 1.29 is 18.3 Å². The molecule has 1 aliphatic heterocycles. The van der Waals surface area contributed by atoms with Crippen molar-refractivity contribution in [3.05, 3.63) is 11.3 Å². The summed E-state index contributed by atoms with van der Waals surface area (Å²) in [6.07, 6.45) is 0.394. The van der Waals surface area contributed by atoms with Crippen LogP contribution in [-0.2, 0) is 21.4 Å². The van der Waals surface area contributed by atoms with Crippen molar-refractivity contribution in [3.8, 4) is 0 Å². The van der Waals surface area contributed by atoms with Gasteiger partial charge in [-0.25, -0.2) is 13.1 Å². The summed E-state index contributed by atoms with van der Waals surface area (Å²) >= 11 is 0. The molecule has 0 radical (unpaired) electrons. The van der Waals surface area contributed by atoms with E-state index in [9.17, 15) is 13.5 Å². The molecule has 8 heteroatoms. The molecule has 19 heavy (non-hydrogen) atoms. The summed E-state index contributed by atoms with van der Waals surface area (Å²) in [5.41, 5.74) is 0.185. The molecule has 0 saturated carbocycles. The molecule has 2 unspecified atom stereocenters. The molecule has 1 aromatic rings. The minimum absolute atomic E-state index is 0.146. The average Bonchev–Trinajstić information content (AvgIpc) is 2.83. The van der Waals surface area contributed by atoms with Crippen LogP contribution in [0.15, 0.2) is 5.03 Å². The molecule has 1 aromatic heterocycles. The maximum Gasteiger partial charge on any atom is 0.260 e. The van der Waals surface area contributed by atoms with Gasteiger partial charge in [0, 0.05) is 17.9 Å². The van der Waals surface area contributed by atoms with Crippen molar-refractivity contribution in [3.63, 3.8) is 0 Å². The number of aromatic amines is 1. The third-order valence-corrected chi connectivity index (χ3v) is 5.28. The van der Waals surface area contributed by atoms with Gasteiger partial charge in [0.2, 0.25) is 0 Å². The highest BCUT2D eigenvalue weighted by Crippen LogP contribution is 2.28. The first-order valence-electron chi connectivity index (χ1n) is 6.10. The smallest absolute Gasteiger partial charge is 0.260 e. The van der Waals surface area contributed by atoms with Crippen molar-refractivity contribution >= 4 is 10.0 Å². The number of nitrogens with zero attached hydrogens (tertiary/aromatic N) is 1. The molecule has 7 nitrogen and oxygen atoms in total. The Morgan fingerprint density at radius 3 is 2.84 bits per heavy atom. The maximum absolute atomic E-state index is 12.4. The van der Waals surface area contributed by atoms with Gasteiger partial charge < -0.3 is 9.84 Å². The summed E-state index contributed by atoms with van der Waals surface area (Å²) in [6, 6.07) is 0. The molecule has 1 fully saturated rings. The van der Waals surface area contributed by atoms with Crippen molar-refractivity contribution in [2.75, 3.05) is 6.61 Å². The zero-order valence-corrected chi connectivity index (χ0v) is 12.0. The lowest BCUT2D eigenvalue weighted by Crippen LogP contribution is -2.50. The highest BCUT2D eigenvalue weighted by molar-refractivity contribution is 7.89. The van der Waals surface area contributed by atoms with E-state index in [1.807, 2.05) is 6.92 Å². The Morgan fingerprint density at radius 2 is 2.32 bits per heavy atom. The van der Waals surface area contributed by atoms with Crippen molar-refractivity contribution in [2.45, 2.75) is 50.5 Å². The number of hydrogen-bond donors (Lipinski definition) is 3. The van der Waals surface area contributed by atoms with Gasteiger partial charge in [0.25, 0.3) is 10.0 Å². The normalized spacial score (nSPS) is 27.9. The molecule has 0 aliphatic carbocycles. The van der Waals surface area contributed by atoms with Gasteiger partial charge in [0.1, 0.15) is 0 Å². The van der Waals surface area contributed by atoms with Gasteiger partial charge in [0.05, 0.1) is 18.2 Å². The molecular weight excluding hydrogens is 270 g/mol. The quantitative estimate of drug-likeness (QED) is 0.727. The van der Waals surface area contributed by atoms with E-state index < -0.39 is 15.6 Å². The zero-order valence-electron chi connectivity index (χ0n) is 11.2. The first-order valence-corrected chi connectivity index (χ1v) is 7.59. The van der Waals surface area contributed by atoms with Crippen LogP contribution in [0.1, 0.15) is 31.5 Å². The fraction of sp³-hybridized carbons (Fsp3) is 0.727. The van der Waals surface area contributed by atoms with Gasteiger partial charge >= 0.3 is 0 Å². The lowest BCUT2D eigenvalue weighted by atomic mass is 9.97. The van der Waals surface area contributed by atoms with Crippen LogP contribution in [0.2, 0.25) is 0 Å². The van der Waals surface area contributed by atoms with E-state index in [0.29, 0.717) is 24.3 Å². The van der Waals surface area contributed by atoms with E-state index in [0.717, 1.165) is 0 Å². The van der Waals surface area contributed by atoms with E-state index in [4.69, 9.17) is 4.74 Å². The van der Waals surface area contributed by atoms with E-state index in [2.05, 4.69) is 14.9 Å². The number of aryl methyl sites for hydroxylation is 1. The van der Waals surface area contributed by atoms with Crippen LogP contribution in [0.5, 0.6) is 0 Å². The van der Waals surface area contributed by atoms with Crippen LogP contribution in [0, 0.1) is 6.92 Å². The Morgan fingerprint density at radius 1 is 1.63 bits per heavy atom. The number of rotatable bonds is 4. The zero-order chi connectivity index (χ0) is 14.3. The van der Waals surface area contributed by atoms with Gasteiger partial charge in [-0.1, -0.05) is 0 Å². The molecule has 2 heterocycles. The lowest BCUT2D eigenvalue weighted by Gasteiger charge is -2.28. The molecule has 0 spiro atoms. The first-order chi connectivity index (χ1) is 8.80. The summed E-state index contributed by atoms with van der Waals surface area (Å²) in [5, 5.41) is 15.5. The van der Waals surface area contributed by atoms with Crippen molar-refractivity contribution in [1.82, 2.24) is 14.9 Å². The Balaban J connectivity index is 2.33. The number of hydrogen-bond acceptors (Lipinski definition) is 5. The standard InChI is InChI=1S/C11H19N3O4S/c1-7-9(6-15)10(13-12-7)19(16,17)14-11(3)4-5-18-8(11)2/h8,14-15H,4-6H2,1-3H3,(H,12,13). The van der Waals surface area contributed by atoms with Gasteiger partial charge in [-0.05, 0) is 27.2 Å². The summed E-state index contributed by atoms with van der Waals surface area (Å²) in [5.74, 6) is 0. The minimum atomic E-state index is -3.79. The second kappa shape index (κ2) is 4.86. The highest BCUT2D eigenvalue weighted by atomic mass is 32.2. The van der Waals surface area contributed by atoms with Gasteiger partial charge in [-0.2, -0.15) is 5.10 Å². The van der Waals surface area contributed by atoms with E-state index in [1.165, 1.54) is 0 Å². The summed E-state index contributed by atoms with van der Waals surface area (Å²) in [7, 11) is -3.79. The molecule has 1 saturated heterocycles. The van der Waals surface area contributed by atoms with E-state index in [-0.39, 0.29) is 17.7 Å². The number of sulfonamides is 1. The molecule has 0 amide bonds. The number of nitrogens with one attached hydrogen (secondary N) is 2. The van der Waals surface area contributed by atoms with Crippen LogP contribution in [-0.4, -0.2) is 42.0 Å². The van der Waals surface area contributed by atoms with Gasteiger partial charge in [0.15, 0.2) is 5.03 Å². The van der Waals surface area contributed by atoms with Crippen LogP contribution in [0.25, 0.3) is 0 Å². The van der Waals surface area contributed by atoms with Crippen LogP contribution in [0.3, 0.4) is 0 Å². The second-order valence-electron chi connectivity index (χ2n) is 5.08. The molecule has 2 rings (SSSR count). The Hall–Kier alpha value is -0.960. The number of aliphatic hydroxyl groups is 1. The molecular formula is C11H19N3O4S. The molecule has 108 valence electrons. The number of H-pyrrole nitrogens is 1. The molecule has 3 N–H and O–H groups in total. The Bertz CT molecular complexity index is 568. The molecule has 0 aromatic carbocycles. The van der Waals surface area contributed by atoms with Crippen LogP contribution < -0.4 is 4.72 Å². The maximum atomic E-state index is 12.4. The summed E-state index contributed by atoms with van der Waals surface area (Å²) in [4.78, 5) is 0. The molecule has 0 bridgehead atoms. The van der Waals surface area contributed by atoms with E-state index >= 15 is 0 Å². The SMILES string of the molecule is Cc1[nH]nc(S(=O)(=O)NC2(C)CCOC2C)c1CO. The molecule has 2 atom stereocenters. The summed E-state index contributed by atoms with van der Waals surface area (Å²) in [6.45, 7) is 5.45. The predicted molar refractivity (Wildman–Crippen MR) is 68.0 cm³/mol. The second-order valence-corrected chi connectivity index (χ2v) is 6.67. The number of aliphatic hydroxyl groups excluding tert-OH is 1. The summed E-state index contributed by atoms with van der Waals surface area (Å²) < 4.78 is 32.8. The van der Waals surface area contributed by atoms with Crippen LogP contribution >= 0.6 is 0 Å². The highest BCUT2D eigenvalue weighted by Gasteiger charge is 2.41. The topological polar surface area (TPSA) is 104 Å². The fourth-order valence-electron chi connectivity index (χ4n) is 2.16. The fourth-order valence-corrected chi connectivity index (χ4v) is 3.85. The van der Waals surface area contributed by atoms with Crippen LogP contribution in [0.4, 0.5) is 0 Å². The number of ether oxygens (including phenoxy) is 1. The first kappa shape index (κ1) is 14.4. The largest absolute Gasteiger partial charge is 0.392 e. The van der Waals surface area contributed by atoms with Gasteiger partial charge in [-0.15, -0.1) is 0 Å². The third kappa shape index (κ3) is 2.53. The minimum Gasteiger partial charge on any atom is -0.392 e. The third-order valence-electron chi connectivity index (χ3n) is 3.70. The monoisotopic (exact) mass is 289 g/mol. The van der Waals surface area contributed by atoms with Crippen molar-refractivity contribution in [2.24, 2.45) is 0 Å². The Labute approximate surface area is 112 Å². The molecule has 1 aliphatic rings. The Kier molecular flexibility index (Phi) is 3.69. The van der Waals surface area contributed by atoms with E-state index in [1.54, 1.807) is 13.8 Å². The number of aromatic nitrogens is 2. The predicted octanol–water partition coefficient (Wildman–Crippen LogP) is 0.0562. The van der Waals surface area contributed by atoms with Gasteiger partial charge in [-0.3, -0.25) is 5.10 Å². The average molecular weight is 289 g/mol.